The van der Waals surface area contributed by atoms with Crippen LogP contribution in [0.5, 0.6) is 0 Å². The maximum atomic E-state index is 6.24. The first-order valence-corrected chi connectivity index (χ1v) is 18.5. The van der Waals surface area contributed by atoms with Gasteiger partial charge in [0.1, 0.15) is 11.2 Å². The first kappa shape index (κ1) is 31.1. The van der Waals surface area contributed by atoms with Crippen LogP contribution in [0, 0.1) is 0 Å². The zero-order valence-corrected chi connectivity index (χ0v) is 29.5. The molecule has 3 heterocycles. The molecule has 4 nitrogen and oxygen atoms in total. The largest absolute Gasteiger partial charge is 0.456 e. The van der Waals surface area contributed by atoms with Crippen molar-refractivity contribution in [2.24, 2.45) is 0 Å². The SMILES string of the molecule is C=C1/C=C\C=C/C/C(c2nc(-c3cccc(-c4cccc5oc6ccccc6c45)c3)nc(-c3ccc4sc5ccccc5c4c3)n2)=C\c2ccccc21. The van der Waals surface area contributed by atoms with Gasteiger partial charge in [0.05, 0.1) is 0 Å². The Morgan fingerprint density at radius 1 is 0.547 bits per heavy atom. The van der Waals surface area contributed by atoms with Crippen LogP contribution < -0.4 is 0 Å². The highest BCUT2D eigenvalue weighted by Gasteiger charge is 2.18. The Morgan fingerprint density at radius 3 is 2.17 bits per heavy atom. The number of thiophene rings is 1. The Morgan fingerprint density at radius 2 is 1.25 bits per heavy atom. The Bertz CT molecular complexity index is 3010. The number of nitrogens with zero attached hydrogens (tertiary/aromatic N) is 3. The molecule has 0 fully saturated rings. The Hall–Kier alpha value is -6.69. The van der Waals surface area contributed by atoms with Gasteiger partial charge < -0.3 is 4.42 Å². The fourth-order valence-corrected chi connectivity index (χ4v) is 8.42. The first-order chi connectivity index (χ1) is 26.2. The average molecular weight is 698 g/mol. The second-order valence-electron chi connectivity index (χ2n) is 13.2. The predicted octanol–water partition coefficient (Wildman–Crippen LogP) is 13.2. The lowest BCUT2D eigenvalue weighted by Gasteiger charge is -2.13. The van der Waals surface area contributed by atoms with Crippen LogP contribution >= 0.6 is 11.3 Å². The van der Waals surface area contributed by atoms with Gasteiger partial charge >= 0.3 is 0 Å². The minimum Gasteiger partial charge on any atom is -0.456 e. The maximum absolute atomic E-state index is 6.24. The number of hydrogen-bond donors (Lipinski definition) is 0. The predicted molar refractivity (Wildman–Crippen MR) is 223 cm³/mol. The molecule has 3 aromatic heterocycles. The molecule has 0 saturated carbocycles. The van der Waals surface area contributed by atoms with Crippen molar-refractivity contribution in [3.8, 4) is 33.9 Å². The summed E-state index contributed by atoms with van der Waals surface area (Å²) in [5, 5.41) is 4.64. The average Bonchev–Trinajstić information content (AvgIpc) is 3.78. The summed E-state index contributed by atoms with van der Waals surface area (Å²) in [7, 11) is 0. The van der Waals surface area contributed by atoms with Gasteiger partial charge in [-0.3, -0.25) is 0 Å². The number of hydrogen-bond acceptors (Lipinski definition) is 5. The molecule has 6 aromatic carbocycles. The molecule has 0 unspecified atom stereocenters. The fourth-order valence-electron chi connectivity index (χ4n) is 7.34. The summed E-state index contributed by atoms with van der Waals surface area (Å²) in [6.45, 7) is 4.35. The summed E-state index contributed by atoms with van der Waals surface area (Å²) < 4.78 is 8.75. The lowest BCUT2D eigenvalue weighted by Crippen LogP contribution is -2.03. The van der Waals surface area contributed by atoms with Crippen LogP contribution in [0.2, 0.25) is 0 Å². The number of para-hydroxylation sites is 1. The van der Waals surface area contributed by atoms with Crippen molar-refractivity contribution in [1.82, 2.24) is 15.0 Å². The van der Waals surface area contributed by atoms with E-state index >= 15 is 0 Å². The summed E-state index contributed by atoms with van der Waals surface area (Å²) in [5.41, 5.74) is 9.86. The number of benzene rings is 6. The van der Waals surface area contributed by atoms with Crippen LogP contribution in [0.25, 0.3) is 93.2 Å². The van der Waals surface area contributed by atoms with Crippen LogP contribution in [-0.4, -0.2) is 15.0 Å². The molecule has 0 atom stereocenters. The number of allylic oxidation sites excluding steroid dienone is 6. The highest BCUT2D eigenvalue weighted by Crippen LogP contribution is 2.39. The minimum atomic E-state index is 0.617. The zero-order valence-electron chi connectivity index (χ0n) is 28.7. The lowest BCUT2D eigenvalue weighted by atomic mass is 9.96. The summed E-state index contributed by atoms with van der Waals surface area (Å²) in [6, 6.07) is 46.4. The van der Waals surface area contributed by atoms with Crippen LogP contribution in [0.15, 0.2) is 169 Å². The van der Waals surface area contributed by atoms with E-state index in [0.717, 1.165) is 66.5 Å². The molecule has 0 N–H and O–H groups in total. The summed E-state index contributed by atoms with van der Waals surface area (Å²) in [6.07, 6.45) is 11.2. The number of rotatable bonds is 4. The highest BCUT2D eigenvalue weighted by atomic mass is 32.1. The van der Waals surface area contributed by atoms with E-state index in [1.54, 1.807) is 11.3 Å². The Kier molecular flexibility index (Phi) is 7.52. The van der Waals surface area contributed by atoms with E-state index in [1.165, 1.54) is 20.2 Å². The van der Waals surface area contributed by atoms with Crippen molar-refractivity contribution in [3.63, 3.8) is 0 Å². The molecular weight excluding hydrogens is 667 g/mol. The topological polar surface area (TPSA) is 51.8 Å². The van der Waals surface area contributed by atoms with Crippen molar-refractivity contribution in [2.45, 2.75) is 6.42 Å². The molecule has 1 aliphatic rings. The third-order valence-corrected chi connectivity index (χ3v) is 11.1. The molecule has 0 bridgehead atoms. The molecule has 9 aromatic rings. The molecule has 0 aliphatic heterocycles. The van der Waals surface area contributed by atoms with Gasteiger partial charge in [0, 0.05) is 47.6 Å². The third-order valence-electron chi connectivity index (χ3n) is 9.91. The van der Waals surface area contributed by atoms with E-state index in [1.807, 2.05) is 24.3 Å². The summed E-state index contributed by atoms with van der Waals surface area (Å²) >= 11 is 1.81. The van der Waals surface area contributed by atoms with E-state index < -0.39 is 0 Å². The number of aromatic nitrogens is 3. The lowest BCUT2D eigenvalue weighted by molar-refractivity contribution is 0.669. The molecule has 0 spiro atoms. The first-order valence-electron chi connectivity index (χ1n) is 17.7. The van der Waals surface area contributed by atoms with Gasteiger partial charge in [0.25, 0.3) is 0 Å². The second-order valence-corrected chi connectivity index (χ2v) is 14.3. The molecule has 0 saturated heterocycles. The standard InChI is InChI=1S/C48H31N3OS/c1-30-13-3-2-4-15-33(27-31-14-5-6-18-36(30)31)46-49-47(51-48(50-46)35-25-26-44-40(29-35)38-19-8-10-24-43(38)53-44)34-17-11-16-32(28-34)37-21-12-23-42-45(37)39-20-7-9-22-41(39)52-42/h2-14,16-29H,1,15H2/b4-2-,13-3-,33-27+. The van der Waals surface area contributed by atoms with E-state index in [-0.39, 0.29) is 0 Å². The van der Waals surface area contributed by atoms with Crippen LogP contribution in [0.4, 0.5) is 0 Å². The molecule has 10 rings (SSSR count). The maximum Gasteiger partial charge on any atom is 0.164 e. The van der Waals surface area contributed by atoms with Crippen LogP contribution in [0.1, 0.15) is 23.4 Å². The van der Waals surface area contributed by atoms with E-state index in [9.17, 15) is 0 Å². The zero-order chi connectivity index (χ0) is 35.3. The van der Waals surface area contributed by atoms with E-state index in [2.05, 4.69) is 146 Å². The third kappa shape index (κ3) is 5.59. The molecular formula is C48H31N3OS. The van der Waals surface area contributed by atoms with Gasteiger partial charge in [-0.15, -0.1) is 11.3 Å². The van der Waals surface area contributed by atoms with Crippen molar-refractivity contribution < 1.29 is 4.42 Å². The van der Waals surface area contributed by atoms with Crippen LogP contribution in [0.3, 0.4) is 0 Å². The summed E-state index contributed by atoms with van der Waals surface area (Å²) in [5.74, 6) is 1.89. The normalized spacial score (nSPS) is 15.4. The Balaban J connectivity index is 1.18. The van der Waals surface area contributed by atoms with Crippen molar-refractivity contribution in [1.29, 1.82) is 0 Å². The molecule has 250 valence electrons. The number of fused-ring (bicyclic) bond motifs is 7. The summed E-state index contributed by atoms with van der Waals surface area (Å²) in [4.78, 5) is 15.6. The molecule has 0 amide bonds. The highest BCUT2D eigenvalue weighted by molar-refractivity contribution is 7.25. The smallest absolute Gasteiger partial charge is 0.164 e. The molecule has 0 radical (unpaired) electrons. The van der Waals surface area contributed by atoms with Gasteiger partial charge in [-0.25, -0.2) is 15.0 Å². The molecule has 1 aliphatic carbocycles. The fraction of sp³-hybridized carbons (Fsp3) is 0.0208. The van der Waals surface area contributed by atoms with Crippen molar-refractivity contribution >= 4 is 70.7 Å². The number of furan rings is 1. The van der Waals surface area contributed by atoms with Crippen molar-refractivity contribution in [3.05, 3.63) is 181 Å². The van der Waals surface area contributed by atoms with Gasteiger partial charge in [-0.2, -0.15) is 0 Å². The molecule has 53 heavy (non-hydrogen) atoms. The minimum absolute atomic E-state index is 0.617. The van der Waals surface area contributed by atoms with E-state index in [0.29, 0.717) is 23.9 Å². The quantitative estimate of drug-likeness (QED) is 0.184. The van der Waals surface area contributed by atoms with Gasteiger partial charge in [0.15, 0.2) is 17.5 Å². The Labute approximate surface area is 310 Å². The monoisotopic (exact) mass is 697 g/mol. The second kappa shape index (κ2) is 12.8. The van der Waals surface area contributed by atoms with Crippen molar-refractivity contribution in [2.75, 3.05) is 0 Å². The van der Waals surface area contributed by atoms with Crippen LogP contribution in [-0.2, 0) is 0 Å². The molecule has 5 heteroatoms. The van der Waals surface area contributed by atoms with Gasteiger partial charge in [-0.1, -0.05) is 122 Å². The van der Waals surface area contributed by atoms with Gasteiger partial charge in [-0.05, 0) is 82.8 Å². The van der Waals surface area contributed by atoms with Gasteiger partial charge in [0.2, 0.25) is 0 Å². The van der Waals surface area contributed by atoms with E-state index in [4.69, 9.17) is 19.4 Å².